The molecule has 1 rings (SSSR count). The van der Waals surface area contributed by atoms with Crippen LogP contribution in [0.5, 0.6) is 0 Å². The quantitative estimate of drug-likeness (QED) is 0.334. The van der Waals surface area contributed by atoms with E-state index in [1.165, 1.54) is 0 Å². The van der Waals surface area contributed by atoms with Gasteiger partial charge < -0.3 is 4.55 Å². The first-order valence-electron chi connectivity index (χ1n) is 5.92. The van der Waals surface area contributed by atoms with Crippen LogP contribution in [0.2, 0.25) is 0 Å². The van der Waals surface area contributed by atoms with Crippen LogP contribution in [0, 0.1) is 0 Å². The first-order valence-corrected chi connectivity index (χ1v) is 8.94. The molecular formula is C10H15F3N2O6S2. The van der Waals surface area contributed by atoms with Gasteiger partial charge in [-0.3, -0.25) is 4.55 Å². The molecular weight excluding hydrogens is 365 g/mol. The fraction of sp³-hybridized carbons (Fsp3) is 0.500. The fourth-order valence-electron chi connectivity index (χ4n) is 1.23. The molecule has 0 saturated carbocycles. The van der Waals surface area contributed by atoms with Crippen LogP contribution >= 0.6 is 0 Å². The molecule has 0 atom stereocenters. The zero-order valence-electron chi connectivity index (χ0n) is 11.7. The molecule has 1 heterocycles. The second kappa shape index (κ2) is 8.42. The molecule has 0 saturated heterocycles. The largest absolute Gasteiger partial charge is 0.741 e. The van der Waals surface area contributed by atoms with Crippen LogP contribution in [0.3, 0.4) is 0 Å². The molecule has 0 aromatic carbocycles. The Hall–Kier alpha value is -1.44. The van der Waals surface area contributed by atoms with Crippen molar-refractivity contribution in [2.45, 2.75) is 24.9 Å². The summed E-state index contributed by atoms with van der Waals surface area (Å²) in [5, 5.41) is 0. The molecule has 0 unspecified atom stereocenters. The summed E-state index contributed by atoms with van der Waals surface area (Å²) in [5.41, 5.74) is -5.65. The van der Waals surface area contributed by atoms with Gasteiger partial charge in [0.15, 0.2) is 10.1 Å². The maximum absolute atomic E-state index is 10.7. The predicted molar refractivity (Wildman–Crippen MR) is 72.4 cm³/mol. The summed E-state index contributed by atoms with van der Waals surface area (Å²) in [5.74, 6) is -0.171. The first-order chi connectivity index (χ1) is 10.3. The van der Waals surface area contributed by atoms with Crippen LogP contribution in [-0.4, -0.2) is 41.8 Å². The number of aromatic nitrogens is 2. The SMILES string of the molecule is C=Cn1cc[n+](CCCCS(=O)(=O)O)c1.O=S(=O)([O-])C(F)(F)F. The predicted octanol–water partition coefficient (Wildman–Crippen LogP) is 0.595. The van der Waals surface area contributed by atoms with Crippen LogP contribution in [0.4, 0.5) is 13.2 Å². The zero-order valence-corrected chi connectivity index (χ0v) is 13.3. The minimum atomic E-state index is -6.09. The standard InChI is InChI=1S/C9H14N2O3S.CHF3O3S/c1-2-10-6-7-11(9-10)5-3-4-8-15(12,13)14;2-1(3,4)8(5,6)7/h2,6-7,9H,1,3-5,8H2;(H,5,6,7). The van der Waals surface area contributed by atoms with Gasteiger partial charge in [0, 0.05) is 0 Å². The number of rotatable bonds is 6. The van der Waals surface area contributed by atoms with Crippen molar-refractivity contribution in [3.05, 3.63) is 25.3 Å². The molecule has 0 spiro atoms. The van der Waals surface area contributed by atoms with E-state index < -0.39 is 25.7 Å². The van der Waals surface area contributed by atoms with E-state index in [1.807, 2.05) is 27.9 Å². The van der Waals surface area contributed by atoms with Gasteiger partial charge in [-0.25, -0.2) is 17.6 Å². The number of nitrogens with zero attached hydrogens (tertiary/aromatic N) is 2. The van der Waals surface area contributed by atoms with Crippen molar-refractivity contribution in [2.75, 3.05) is 5.75 Å². The molecule has 1 aromatic heterocycles. The van der Waals surface area contributed by atoms with E-state index in [1.54, 1.807) is 6.20 Å². The highest BCUT2D eigenvalue weighted by Crippen LogP contribution is 2.20. The third-order valence-electron chi connectivity index (χ3n) is 2.27. The molecule has 1 aromatic rings. The summed E-state index contributed by atoms with van der Waals surface area (Å²) in [6, 6.07) is 0. The molecule has 0 aliphatic heterocycles. The van der Waals surface area contributed by atoms with Gasteiger partial charge in [0.1, 0.15) is 12.4 Å². The van der Waals surface area contributed by atoms with E-state index in [2.05, 4.69) is 6.58 Å². The number of imidazole rings is 1. The van der Waals surface area contributed by atoms with Crippen molar-refractivity contribution in [3.63, 3.8) is 0 Å². The Morgan fingerprint density at radius 3 is 2.13 bits per heavy atom. The third-order valence-corrected chi connectivity index (χ3v) is 3.65. The van der Waals surface area contributed by atoms with Crippen LogP contribution < -0.4 is 4.57 Å². The summed E-state index contributed by atoms with van der Waals surface area (Å²) in [6.07, 6.45) is 8.46. The highest BCUT2D eigenvalue weighted by Gasteiger charge is 2.36. The Balaban J connectivity index is 0.000000515. The number of alkyl halides is 3. The Bertz CT molecular complexity index is 709. The number of hydrogen-bond donors (Lipinski definition) is 1. The van der Waals surface area contributed by atoms with E-state index >= 15 is 0 Å². The van der Waals surface area contributed by atoms with Crippen molar-refractivity contribution in [2.24, 2.45) is 0 Å². The number of hydrogen-bond acceptors (Lipinski definition) is 5. The normalized spacial score (nSPS) is 12.4. The lowest BCUT2D eigenvalue weighted by Gasteiger charge is -2.08. The Labute approximate surface area is 131 Å². The molecule has 1 N–H and O–H groups in total. The highest BCUT2D eigenvalue weighted by molar-refractivity contribution is 7.86. The van der Waals surface area contributed by atoms with Gasteiger partial charge in [0.25, 0.3) is 10.1 Å². The van der Waals surface area contributed by atoms with E-state index in [-0.39, 0.29) is 5.75 Å². The minimum absolute atomic E-state index is 0.171. The highest BCUT2D eigenvalue weighted by atomic mass is 32.2. The van der Waals surface area contributed by atoms with Crippen molar-refractivity contribution in [1.29, 1.82) is 0 Å². The monoisotopic (exact) mass is 380 g/mol. The first kappa shape index (κ1) is 21.6. The lowest BCUT2D eigenvalue weighted by atomic mass is 10.3. The van der Waals surface area contributed by atoms with Crippen LogP contribution in [0.25, 0.3) is 6.20 Å². The summed E-state index contributed by atoms with van der Waals surface area (Å²) in [4.78, 5) is 0. The molecule has 0 radical (unpaired) electrons. The van der Waals surface area contributed by atoms with Crippen molar-refractivity contribution >= 4 is 26.4 Å². The lowest BCUT2D eigenvalue weighted by Crippen LogP contribution is -2.30. The second-order valence-electron chi connectivity index (χ2n) is 4.17. The van der Waals surface area contributed by atoms with Gasteiger partial charge in [0.2, 0.25) is 6.33 Å². The lowest BCUT2D eigenvalue weighted by molar-refractivity contribution is -0.696. The van der Waals surface area contributed by atoms with E-state index in [0.29, 0.717) is 12.8 Å². The molecule has 0 bridgehead atoms. The Kier molecular flexibility index (Phi) is 7.90. The number of unbranched alkanes of at least 4 members (excludes halogenated alkanes) is 1. The molecule has 0 amide bonds. The molecule has 0 aliphatic carbocycles. The molecule has 0 aliphatic rings. The van der Waals surface area contributed by atoms with Gasteiger partial charge in [0.05, 0.1) is 18.5 Å². The van der Waals surface area contributed by atoms with E-state index in [0.717, 1.165) is 6.54 Å². The zero-order chi connectivity index (χ0) is 18.3. The van der Waals surface area contributed by atoms with Gasteiger partial charge >= 0.3 is 5.51 Å². The smallest absolute Gasteiger partial charge is 0.485 e. The summed E-state index contributed by atoms with van der Waals surface area (Å²) < 4.78 is 92.0. The average Bonchev–Trinajstić information content (AvgIpc) is 2.80. The summed E-state index contributed by atoms with van der Waals surface area (Å²) in [7, 11) is -9.90. The summed E-state index contributed by atoms with van der Waals surface area (Å²) >= 11 is 0. The van der Waals surface area contributed by atoms with Crippen LogP contribution in [-0.2, 0) is 26.8 Å². The molecule has 134 valence electrons. The van der Waals surface area contributed by atoms with Crippen LogP contribution in [0.1, 0.15) is 12.8 Å². The van der Waals surface area contributed by atoms with Crippen molar-refractivity contribution in [1.82, 2.24) is 4.57 Å². The third kappa shape index (κ3) is 10.0. The maximum atomic E-state index is 10.7. The maximum Gasteiger partial charge on any atom is 0.485 e. The molecule has 8 nitrogen and oxygen atoms in total. The number of halogens is 3. The van der Waals surface area contributed by atoms with Crippen molar-refractivity contribution < 1.29 is 43.7 Å². The topological polar surface area (TPSA) is 120 Å². The second-order valence-corrected chi connectivity index (χ2v) is 7.12. The number of aryl methyl sites for hydroxylation is 1. The van der Waals surface area contributed by atoms with Crippen molar-refractivity contribution in [3.8, 4) is 0 Å². The van der Waals surface area contributed by atoms with E-state index in [4.69, 9.17) is 17.5 Å². The van der Waals surface area contributed by atoms with Gasteiger partial charge in [-0.2, -0.15) is 21.6 Å². The molecule has 0 fully saturated rings. The van der Waals surface area contributed by atoms with E-state index in [9.17, 15) is 21.6 Å². The Morgan fingerprint density at radius 2 is 1.78 bits per heavy atom. The van der Waals surface area contributed by atoms with Gasteiger partial charge in [-0.05, 0) is 12.8 Å². The Morgan fingerprint density at radius 1 is 1.26 bits per heavy atom. The molecule has 23 heavy (non-hydrogen) atoms. The minimum Gasteiger partial charge on any atom is -0.741 e. The summed E-state index contributed by atoms with van der Waals surface area (Å²) in [6.45, 7) is 4.34. The molecule has 13 heteroatoms. The van der Waals surface area contributed by atoms with Gasteiger partial charge in [-0.15, -0.1) is 0 Å². The van der Waals surface area contributed by atoms with Gasteiger partial charge in [-0.1, -0.05) is 6.58 Å². The average molecular weight is 380 g/mol. The van der Waals surface area contributed by atoms with Crippen LogP contribution in [0.15, 0.2) is 25.3 Å². The fourth-order valence-corrected chi connectivity index (χ4v) is 1.80.